The van der Waals surface area contributed by atoms with E-state index in [2.05, 4.69) is 19.1 Å². The molecule has 0 spiro atoms. The van der Waals surface area contributed by atoms with Gasteiger partial charge in [-0.05, 0) is 31.6 Å². The van der Waals surface area contributed by atoms with Crippen LogP contribution >= 0.6 is 0 Å². The summed E-state index contributed by atoms with van der Waals surface area (Å²) in [5.74, 6) is -0.422. The number of aliphatic carboxylic acids is 1. The summed E-state index contributed by atoms with van der Waals surface area (Å²) < 4.78 is 0. The summed E-state index contributed by atoms with van der Waals surface area (Å²) in [7, 11) is 0. The lowest BCUT2D eigenvalue weighted by Crippen LogP contribution is -2.17. The molecule has 1 saturated carbocycles. The Morgan fingerprint density at radius 3 is 2.37 bits per heavy atom. The molecule has 27 heavy (non-hydrogen) atoms. The van der Waals surface area contributed by atoms with Crippen LogP contribution in [0.2, 0.25) is 0 Å². The summed E-state index contributed by atoms with van der Waals surface area (Å²) in [6.07, 6.45) is 18.4. The summed E-state index contributed by atoms with van der Waals surface area (Å²) in [6, 6.07) is 0. The molecule has 2 atom stereocenters. The molecular weight excluding hydrogens is 340 g/mol. The molecule has 0 radical (unpaired) electrons. The van der Waals surface area contributed by atoms with Crippen molar-refractivity contribution in [1.29, 1.82) is 0 Å². The number of carbonyl (C=O) groups excluding carboxylic acids is 2. The summed E-state index contributed by atoms with van der Waals surface area (Å²) in [6.45, 7) is 2.22. The highest BCUT2D eigenvalue weighted by Gasteiger charge is 2.35. The monoisotopic (exact) mass is 378 g/mol. The zero-order valence-electron chi connectivity index (χ0n) is 17.1. The van der Waals surface area contributed by atoms with Gasteiger partial charge in [0.2, 0.25) is 0 Å². The molecule has 0 aromatic rings. The minimum atomic E-state index is -0.723. The first kappa shape index (κ1) is 23.6. The van der Waals surface area contributed by atoms with Crippen molar-refractivity contribution in [2.24, 2.45) is 11.8 Å². The summed E-state index contributed by atoms with van der Waals surface area (Å²) in [5, 5.41) is 8.65. The number of carboxylic acids is 1. The van der Waals surface area contributed by atoms with Crippen molar-refractivity contribution in [3.8, 4) is 0 Å². The van der Waals surface area contributed by atoms with E-state index < -0.39 is 5.97 Å². The molecule has 4 heteroatoms. The van der Waals surface area contributed by atoms with Gasteiger partial charge in [-0.25, -0.2) is 0 Å². The molecule has 4 nitrogen and oxygen atoms in total. The van der Waals surface area contributed by atoms with Crippen LogP contribution in [0.5, 0.6) is 0 Å². The molecule has 0 amide bonds. The van der Waals surface area contributed by atoms with Gasteiger partial charge in [-0.3, -0.25) is 14.4 Å². The van der Waals surface area contributed by atoms with Gasteiger partial charge < -0.3 is 5.11 Å². The Kier molecular flexibility index (Phi) is 12.7. The number of ketones is 2. The zero-order valence-corrected chi connectivity index (χ0v) is 17.1. The normalized spacial score (nSPS) is 18.5. The molecule has 1 N–H and O–H groups in total. The third kappa shape index (κ3) is 11.1. The van der Waals surface area contributed by atoms with Gasteiger partial charge in [-0.2, -0.15) is 0 Å². The van der Waals surface area contributed by atoms with Gasteiger partial charge in [0.25, 0.3) is 0 Å². The first-order valence-electron chi connectivity index (χ1n) is 11.0. The molecule has 2 unspecified atom stereocenters. The molecule has 1 rings (SSSR count). The standard InChI is InChI=1S/C23H38O4/c1-2-3-4-5-6-8-11-14-19(21-17-20(24)18-22(21)25)15-12-9-7-10-13-16-23(26)27/h11,14,19,21H,2-10,12-13,15-18H2,1H3,(H,26,27)/b14-11-. The largest absolute Gasteiger partial charge is 0.481 e. The maximum absolute atomic E-state index is 12.2. The van der Waals surface area contributed by atoms with Crippen molar-refractivity contribution >= 4 is 17.5 Å². The first-order chi connectivity index (χ1) is 13.0. The molecule has 0 heterocycles. The van der Waals surface area contributed by atoms with E-state index in [4.69, 9.17) is 5.11 Å². The Hall–Kier alpha value is -1.45. The molecular formula is C23H38O4. The van der Waals surface area contributed by atoms with Gasteiger partial charge in [0, 0.05) is 18.8 Å². The molecule has 154 valence electrons. The lowest BCUT2D eigenvalue weighted by atomic mass is 9.85. The number of rotatable bonds is 16. The summed E-state index contributed by atoms with van der Waals surface area (Å²) in [4.78, 5) is 34.3. The van der Waals surface area contributed by atoms with Gasteiger partial charge in [-0.1, -0.05) is 70.4 Å². The first-order valence-corrected chi connectivity index (χ1v) is 11.0. The molecule has 1 aliphatic carbocycles. The highest BCUT2D eigenvalue weighted by molar-refractivity contribution is 6.07. The fourth-order valence-electron chi connectivity index (χ4n) is 3.90. The number of carbonyl (C=O) groups is 3. The molecule has 0 aromatic heterocycles. The van der Waals surface area contributed by atoms with Crippen LogP contribution in [0.15, 0.2) is 12.2 Å². The van der Waals surface area contributed by atoms with Crippen molar-refractivity contribution in [2.75, 3.05) is 0 Å². The van der Waals surface area contributed by atoms with Gasteiger partial charge in [-0.15, -0.1) is 0 Å². The van der Waals surface area contributed by atoms with Crippen molar-refractivity contribution in [3.05, 3.63) is 12.2 Å². The summed E-state index contributed by atoms with van der Waals surface area (Å²) in [5.41, 5.74) is 0. The fourth-order valence-corrected chi connectivity index (χ4v) is 3.90. The zero-order chi connectivity index (χ0) is 19.9. The Bertz CT molecular complexity index is 481. The fraction of sp³-hybridized carbons (Fsp3) is 0.783. The summed E-state index contributed by atoms with van der Waals surface area (Å²) >= 11 is 0. The number of hydrogen-bond acceptors (Lipinski definition) is 3. The van der Waals surface area contributed by atoms with Crippen LogP contribution in [0.4, 0.5) is 0 Å². The van der Waals surface area contributed by atoms with Crippen LogP contribution in [0.25, 0.3) is 0 Å². The Morgan fingerprint density at radius 1 is 1.04 bits per heavy atom. The Morgan fingerprint density at radius 2 is 1.70 bits per heavy atom. The van der Waals surface area contributed by atoms with E-state index in [0.29, 0.717) is 6.42 Å². The predicted octanol–water partition coefficient (Wildman–Crippen LogP) is 5.88. The van der Waals surface area contributed by atoms with E-state index in [-0.39, 0.29) is 36.2 Å². The van der Waals surface area contributed by atoms with E-state index in [1.165, 1.54) is 32.1 Å². The van der Waals surface area contributed by atoms with Crippen LogP contribution in [-0.2, 0) is 14.4 Å². The second-order valence-corrected chi connectivity index (χ2v) is 7.99. The SMILES string of the molecule is CCCCCCC/C=C\C(CCCCCCCC(=O)O)C1CC(=O)CC1=O. The Labute approximate surface area is 164 Å². The lowest BCUT2D eigenvalue weighted by Gasteiger charge is -2.18. The maximum atomic E-state index is 12.2. The molecule has 0 aromatic carbocycles. The topological polar surface area (TPSA) is 71.4 Å². The van der Waals surface area contributed by atoms with E-state index in [0.717, 1.165) is 44.9 Å². The molecule has 0 saturated heterocycles. The lowest BCUT2D eigenvalue weighted by molar-refractivity contribution is -0.137. The van der Waals surface area contributed by atoms with Crippen molar-refractivity contribution in [1.82, 2.24) is 0 Å². The molecule has 1 fully saturated rings. The highest BCUT2D eigenvalue weighted by Crippen LogP contribution is 2.31. The van der Waals surface area contributed by atoms with Crippen molar-refractivity contribution in [2.45, 2.75) is 103 Å². The molecule has 0 bridgehead atoms. The minimum absolute atomic E-state index is 0.0941. The number of allylic oxidation sites excluding steroid dienone is 2. The highest BCUT2D eigenvalue weighted by atomic mass is 16.4. The second kappa shape index (κ2) is 14.6. The van der Waals surface area contributed by atoms with E-state index >= 15 is 0 Å². The third-order valence-corrected chi connectivity index (χ3v) is 5.54. The van der Waals surface area contributed by atoms with E-state index in [9.17, 15) is 14.4 Å². The average Bonchev–Trinajstić information content (AvgIpc) is 2.96. The third-order valence-electron chi connectivity index (χ3n) is 5.54. The van der Waals surface area contributed by atoms with Gasteiger partial charge in [0.15, 0.2) is 0 Å². The van der Waals surface area contributed by atoms with Crippen LogP contribution in [0, 0.1) is 11.8 Å². The van der Waals surface area contributed by atoms with Gasteiger partial charge in [0.05, 0.1) is 6.42 Å². The van der Waals surface area contributed by atoms with Crippen LogP contribution < -0.4 is 0 Å². The maximum Gasteiger partial charge on any atom is 0.303 e. The number of carboxylic acid groups (broad SMARTS) is 1. The quantitative estimate of drug-likeness (QED) is 0.207. The smallest absolute Gasteiger partial charge is 0.303 e. The van der Waals surface area contributed by atoms with Crippen LogP contribution in [-0.4, -0.2) is 22.6 Å². The van der Waals surface area contributed by atoms with Crippen molar-refractivity contribution in [3.63, 3.8) is 0 Å². The van der Waals surface area contributed by atoms with Crippen LogP contribution in [0.3, 0.4) is 0 Å². The van der Waals surface area contributed by atoms with Gasteiger partial charge in [0.1, 0.15) is 11.6 Å². The van der Waals surface area contributed by atoms with E-state index in [1.807, 2.05) is 0 Å². The van der Waals surface area contributed by atoms with Crippen molar-refractivity contribution < 1.29 is 19.5 Å². The molecule has 1 aliphatic rings. The number of Topliss-reactive ketones (excluding diaryl/α,β-unsaturated/α-hetero) is 2. The van der Waals surface area contributed by atoms with Crippen LogP contribution in [0.1, 0.15) is 103 Å². The minimum Gasteiger partial charge on any atom is -0.481 e. The second-order valence-electron chi connectivity index (χ2n) is 7.99. The van der Waals surface area contributed by atoms with Gasteiger partial charge >= 0.3 is 5.97 Å². The number of unbranched alkanes of at least 4 members (excludes halogenated alkanes) is 9. The molecule has 0 aliphatic heterocycles. The van der Waals surface area contributed by atoms with E-state index in [1.54, 1.807) is 0 Å². The number of hydrogen-bond donors (Lipinski definition) is 1. The predicted molar refractivity (Wildman–Crippen MR) is 109 cm³/mol. The Balaban J connectivity index is 2.34. The average molecular weight is 379 g/mol.